The Hall–Kier alpha value is -0.860. The van der Waals surface area contributed by atoms with Crippen molar-refractivity contribution in [3.8, 4) is 0 Å². The Morgan fingerprint density at radius 1 is 1.39 bits per heavy atom. The molecule has 0 aromatic heterocycles. The fraction of sp³-hybridized carbons (Fsp3) is 0.625. The number of fused-ring (bicyclic) bond motifs is 1. The highest BCUT2D eigenvalue weighted by molar-refractivity contribution is 5.30. The van der Waals surface area contributed by atoms with Gasteiger partial charge >= 0.3 is 0 Å². The van der Waals surface area contributed by atoms with E-state index < -0.39 is 0 Å². The molecule has 18 heavy (non-hydrogen) atoms. The van der Waals surface area contributed by atoms with Gasteiger partial charge < -0.3 is 9.84 Å². The van der Waals surface area contributed by atoms with Crippen molar-refractivity contribution in [3.05, 3.63) is 35.4 Å². The second-order valence-electron chi connectivity index (χ2n) is 5.38. The summed E-state index contributed by atoms with van der Waals surface area (Å²) >= 11 is 0. The van der Waals surface area contributed by atoms with Crippen LogP contribution in [0.25, 0.3) is 0 Å². The van der Waals surface area contributed by atoms with Crippen molar-refractivity contribution in [1.82, 2.24) is 0 Å². The molecule has 1 aromatic rings. The quantitative estimate of drug-likeness (QED) is 0.864. The van der Waals surface area contributed by atoms with Crippen LogP contribution >= 0.6 is 0 Å². The Balaban J connectivity index is 2.02. The number of aliphatic hydroxyl groups is 1. The van der Waals surface area contributed by atoms with Gasteiger partial charge in [0.1, 0.15) is 0 Å². The molecule has 3 unspecified atom stereocenters. The van der Waals surface area contributed by atoms with Gasteiger partial charge in [-0.15, -0.1) is 0 Å². The minimum absolute atomic E-state index is 0.0734. The summed E-state index contributed by atoms with van der Waals surface area (Å²) in [4.78, 5) is 0. The van der Waals surface area contributed by atoms with E-state index in [1.807, 2.05) is 0 Å². The Kier molecular flexibility index (Phi) is 4.79. The topological polar surface area (TPSA) is 29.5 Å². The largest absolute Gasteiger partial charge is 0.393 e. The van der Waals surface area contributed by atoms with Crippen molar-refractivity contribution in [1.29, 1.82) is 0 Å². The van der Waals surface area contributed by atoms with Gasteiger partial charge in [0.05, 0.1) is 18.8 Å². The van der Waals surface area contributed by atoms with Crippen molar-refractivity contribution in [2.24, 2.45) is 5.92 Å². The molecule has 2 nitrogen and oxygen atoms in total. The lowest BCUT2D eigenvalue weighted by molar-refractivity contribution is -0.0104. The minimum atomic E-state index is -0.263. The maximum absolute atomic E-state index is 10.2. The van der Waals surface area contributed by atoms with Crippen LogP contribution in [0.2, 0.25) is 0 Å². The van der Waals surface area contributed by atoms with Gasteiger partial charge in [-0.3, -0.25) is 0 Å². The minimum Gasteiger partial charge on any atom is -0.393 e. The number of aliphatic hydroxyl groups excluding tert-OH is 1. The number of ether oxygens (including phenoxy) is 1. The number of hydrogen-bond donors (Lipinski definition) is 1. The third-order valence-corrected chi connectivity index (χ3v) is 3.95. The Bertz CT molecular complexity index is 375. The van der Waals surface area contributed by atoms with Crippen LogP contribution in [0.5, 0.6) is 0 Å². The molecule has 2 heteroatoms. The first kappa shape index (κ1) is 13.6. The zero-order valence-corrected chi connectivity index (χ0v) is 11.4. The summed E-state index contributed by atoms with van der Waals surface area (Å²) in [5.41, 5.74) is 2.65. The van der Waals surface area contributed by atoms with E-state index in [0.717, 1.165) is 32.3 Å². The van der Waals surface area contributed by atoms with Crippen LogP contribution in [-0.4, -0.2) is 17.8 Å². The average molecular weight is 248 g/mol. The first-order valence-electron chi connectivity index (χ1n) is 7.09. The molecular weight excluding hydrogens is 224 g/mol. The highest BCUT2D eigenvalue weighted by atomic mass is 16.5. The van der Waals surface area contributed by atoms with Crippen LogP contribution in [0.1, 0.15) is 50.3 Å². The van der Waals surface area contributed by atoms with Gasteiger partial charge in [0, 0.05) is 6.42 Å². The molecule has 1 aliphatic rings. The highest BCUT2D eigenvalue weighted by Crippen LogP contribution is 2.32. The molecule has 3 atom stereocenters. The van der Waals surface area contributed by atoms with E-state index in [1.54, 1.807) is 0 Å². The summed E-state index contributed by atoms with van der Waals surface area (Å²) < 4.78 is 5.84. The molecule has 0 saturated heterocycles. The van der Waals surface area contributed by atoms with E-state index in [0.29, 0.717) is 5.92 Å². The molecule has 0 aliphatic carbocycles. The summed E-state index contributed by atoms with van der Waals surface area (Å²) in [5.74, 6) is 0.354. The Morgan fingerprint density at radius 2 is 2.17 bits per heavy atom. The van der Waals surface area contributed by atoms with Gasteiger partial charge in [-0.2, -0.15) is 0 Å². The lowest BCUT2D eigenvalue weighted by atomic mass is 9.89. The highest BCUT2D eigenvalue weighted by Gasteiger charge is 2.25. The van der Waals surface area contributed by atoms with Crippen LogP contribution in [0.4, 0.5) is 0 Å². The Morgan fingerprint density at radius 3 is 2.94 bits per heavy atom. The predicted octanol–water partition coefficient (Wildman–Crippen LogP) is 3.49. The average Bonchev–Trinajstić information content (AvgIpc) is 2.39. The monoisotopic (exact) mass is 248 g/mol. The molecule has 1 aliphatic heterocycles. The van der Waals surface area contributed by atoms with E-state index in [9.17, 15) is 5.11 Å². The standard InChI is InChI=1S/C16H24O2/c1-3-6-12(2)15(17)11-16-14-8-5-4-7-13(14)9-10-18-16/h4-5,7-8,12,15-17H,3,6,9-11H2,1-2H3. The van der Waals surface area contributed by atoms with Crippen LogP contribution in [0, 0.1) is 5.92 Å². The van der Waals surface area contributed by atoms with E-state index >= 15 is 0 Å². The van der Waals surface area contributed by atoms with Gasteiger partial charge in [0.2, 0.25) is 0 Å². The lowest BCUT2D eigenvalue weighted by Crippen LogP contribution is -2.25. The molecule has 1 N–H and O–H groups in total. The molecule has 0 bridgehead atoms. The summed E-state index contributed by atoms with van der Waals surface area (Å²) in [6, 6.07) is 8.45. The number of hydrogen-bond acceptors (Lipinski definition) is 2. The molecule has 0 saturated carbocycles. The van der Waals surface area contributed by atoms with Gasteiger partial charge in [-0.1, -0.05) is 44.5 Å². The van der Waals surface area contributed by atoms with Crippen molar-refractivity contribution >= 4 is 0 Å². The van der Waals surface area contributed by atoms with E-state index in [2.05, 4.69) is 38.1 Å². The normalized spacial score (nSPS) is 22.3. The van der Waals surface area contributed by atoms with Crippen molar-refractivity contribution in [2.75, 3.05) is 6.61 Å². The zero-order valence-electron chi connectivity index (χ0n) is 11.4. The molecule has 100 valence electrons. The molecule has 0 radical (unpaired) electrons. The Labute approximate surface area is 110 Å². The summed E-state index contributed by atoms with van der Waals surface area (Å²) in [6.45, 7) is 5.06. The predicted molar refractivity (Wildman–Crippen MR) is 73.5 cm³/mol. The summed E-state index contributed by atoms with van der Waals surface area (Å²) in [6.07, 6.45) is 3.73. The molecule has 0 spiro atoms. The molecule has 0 fully saturated rings. The van der Waals surface area contributed by atoms with Crippen LogP contribution in [0.3, 0.4) is 0 Å². The van der Waals surface area contributed by atoms with E-state index in [4.69, 9.17) is 4.74 Å². The molecular formula is C16H24O2. The molecule has 0 amide bonds. The number of rotatable bonds is 5. The molecule has 2 rings (SSSR count). The molecule has 1 aromatic carbocycles. The third-order valence-electron chi connectivity index (χ3n) is 3.95. The maximum Gasteiger partial charge on any atom is 0.0852 e. The lowest BCUT2D eigenvalue weighted by Gasteiger charge is -2.29. The molecule has 1 heterocycles. The van der Waals surface area contributed by atoms with Gasteiger partial charge in [0.25, 0.3) is 0 Å². The van der Waals surface area contributed by atoms with Gasteiger partial charge in [0.15, 0.2) is 0 Å². The fourth-order valence-corrected chi connectivity index (χ4v) is 2.77. The van der Waals surface area contributed by atoms with Crippen molar-refractivity contribution in [2.45, 2.75) is 51.7 Å². The van der Waals surface area contributed by atoms with E-state index in [1.165, 1.54) is 11.1 Å². The van der Waals surface area contributed by atoms with Gasteiger partial charge in [-0.05, 0) is 29.9 Å². The third kappa shape index (κ3) is 3.12. The van der Waals surface area contributed by atoms with E-state index in [-0.39, 0.29) is 12.2 Å². The smallest absolute Gasteiger partial charge is 0.0852 e. The summed E-state index contributed by atoms with van der Waals surface area (Å²) in [5, 5.41) is 10.2. The zero-order chi connectivity index (χ0) is 13.0. The van der Waals surface area contributed by atoms with Crippen molar-refractivity contribution < 1.29 is 9.84 Å². The summed E-state index contributed by atoms with van der Waals surface area (Å²) in [7, 11) is 0. The second kappa shape index (κ2) is 6.35. The fourth-order valence-electron chi connectivity index (χ4n) is 2.77. The first-order chi connectivity index (χ1) is 8.72. The van der Waals surface area contributed by atoms with Crippen LogP contribution < -0.4 is 0 Å². The van der Waals surface area contributed by atoms with Crippen LogP contribution in [0.15, 0.2) is 24.3 Å². The SMILES string of the molecule is CCCC(C)C(O)CC1OCCc2ccccc21. The maximum atomic E-state index is 10.2. The second-order valence-corrected chi connectivity index (χ2v) is 5.38. The van der Waals surface area contributed by atoms with Crippen molar-refractivity contribution in [3.63, 3.8) is 0 Å². The number of benzene rings is 1. The first-order valence-corrected chi connectivity index (χ1v) is 7.09. The van der Waals surface area contributed by atoms with Gasteiger partial charge in [-0.25, -0.2) is 0 Å². The van der Waals surface area contributed by atoms with Crippen LogP contribution in [-0.2, 0) is 11.2 Å².